The summed E-state index contributed by atoms with van der Waals surface area (Å²) >= 11 is 1.73. The van der Waals surface area contributed by atoms with Crippen LogP contribution in [0.1, 0.15) is 64.2 Å². The van der Waals surface area contributed by atoms with Crippen LogP contribution in [0.5, 0.6) is 0 Å². The monoisotopic (exact) mass is 352 g/mol. The molecule has 1 atom stereocenters. The highest BCUT2D eigenvalue weighted by Gasteiger charge is 2.39. The van der Waals surface area contributed by atoms with Gasteiger partial charge in [-0.2, -0.15) is 0 Å². The predicted molar refractivity (Wildman–Crippen MR) is 98.7 cm³/mol. The lowest BCUT2D eigenvalue weighted by Crippen LogP contribution is -2.49. The van der Waals surface area contributed by atoms with Crippen LogP contribution < -0.4 is 0 Å². The molecule has 0 aromatic heterocycles. The van der Waals surface area contributed by atoms with Crippen molar-refractivity contribution in [1.29, 1.82) is 0 Å². The molecule has 1 saturated heterocycles. The van der Waals surface area contributed by atoms with Gasteiger partial charge >= 0.3 is 0 Å². The summed E-state index contributed by atoms with van der Waals surface area (Å²) in [4.78, 5) is 29.4. The number of nitrogens with zero attached hydrogens (tertiary/aromatic N) is 2. The number of rotatable bonds is 5. The van der Waals surface area contributed by atoms with Gasteiger partial charge in [0, 0.05) is 25.3 Å². The molecule has 0 spiro atoms. The van der Waals surface area contributed by atoms with Gasteiger partial charge in [-0.3, -0.25) is 9.59 Å². The minimum atomic E-state index is -0.223. The number of hydrogen-bond donors (Lipinski definition) is 0. The summed E-state index contributed by atoms with van der Waals surface area (Å²) < 4.78 is 0. The molecular weight excluding hydrogens is 320 g/mol. The lowest BCUT2D eigenvalue weighted by molar-refractivity contribution is -0.144. The topological polar surface area (TPSA) is 40.6 Å². The van der Waals surface area contributed by atoms with Crippen molar-refractivity contribution in [2.75, 3.05) is 25.2 Å². The van der Waals surface area contributed by atoms with Gasteiger partial charge in [-0.1, -0.05) is 44.9 Å². The molecule has 1 aliphatic heterocycles. The first-order valence-corrected chi connectivity index (χ1v) is 11.0. The average molecular weight is 353 g/mol. The van der Waals surface area contributed by atoms with Crippen LogP contribution in [0.3, 0.4) is 0 Å². The van der Waals surface area contributed by atoms with E-state index < -0.39 is 0 Å². The highest BCUT2D eigenvalue weighted by atomic mass is 32.2. The van der Waals surface area contributed by atoms with Crippen LogP contribution in [0.15, 0.2) is 0 Å². The van der Waals surface area contributed by atoms with Crippen LogP contribution in [0.25, 0.3) is 0 Å². The molecule has 0 aromatic rings. The second kappa shape index (κ2) is 8.59. The van der Waals surface area contributed by atoms with Gasteiger partial charge in [-0.25, -0.2) is 0 Å². The highest BCUT2D eigenvalue weighted by molar-refractivity contribution is 7.99. The average Bonchev–Trinajstić information content (AvgIpc) is 3.30. The van der Waals surface area contributed by atoms with E-state index in [0.29, 0.717) is 5.88 Å². The van der Waals surface area contributed by atoms with E-state index in [9.17, 15) is 9.59 Å². The summed E-state index contributed by atoms with van der Waals surface area (Å²) in [6.07, 6.45) is 12.2. The molecule has 2 amide bonds. The van der Waals surface area contributed by atoms with Crippen molar-refractivity contribution in [3.8, 4) is 0 Å². The van der Waals surface area contributed by atoms with Crippen LogP contribution in [0.2, 0.25) is 0 Å². The van der Waals surface area contributed by atoms with Crippen molar-refractivity contribution >= 4 is 23.6 Å². The van der Waals surface area contributed by atoms with Crippen LogP contribution >= 0.6 is 11.8 Å². The van der Waals surface area contributed by atoms with Crippen LogP contribution in [-0.4, -0.2) is 52.9 Å². The lowest BCUT2D eigenvalue weighted by Gasteiger charge is -2.30. The predicted octanol–water partition coefficient (Wildman–Crippen LogP) is 3.51. The Morgan fingerprint density at radius 3 is 2.42 bits per heavy atom. The molecule has 0 bridgehead atoms. The normalized spacial score (nSPS) is 26.0. The van der Waals surface area contributed by atoms with Gasteiger partial charge in [0.2, 0.25) is 11.8 Å². The number of hydrogen-bond acceptors (Lipinski definition) is 3. The molecule has 2 saturated carbocycles. The minimum Gasteiger partial charge on any atom is -0.344 e. The Labute approximate surface area is 150 Å². The van der Waals surface area contributed by atoms with Crippen molar-refractivity contribution in [3.63, 3.8) is 0 Å². The third-order valence-electron chi connectivity index (χ3n) is 6.13. The fourth-order valence-corrected chi connectivity index (χ4v) is 5.64. The van der Waals surface area contributed by atoms with Gasteiger partial charge in [0.25, 0.3) is 0 Å². The third kappa shape index (κ3) is 4.27. The zero-order chi connectivity index (χ0) is 16.9. The van der Waals surface area contributed by atoms with E-state index in [1.54, 1.807) is 11.8 Å². The van der Waals surface area contributed by atoms with Gasteiger partial charge in [0.1, 0.15) is 6.04 Å². The number of carbonyl (C=O) groups is 2. The Kier molecular flexibility index (Phi) is 6.48. The van der Waals surface area contributed by atoms with E-state index in [1.165, 1.54) is 32.1 Å². The summed E-state index contributed by atoms with van der Waals surface area (Å²) in [5, 5.41) is 0. The fourth-order valence-electron chi connectivity index (χ4n) is 4.49. The molecule has 5 heteroatoms. The van der Waals surface area contributed by atoms with Crippen molar-refractivity contribution in [1.82, 2.24) is 9.80 Å². The highest BCUT2D eigenvalue weighted by Crippen LogP contribution is 2.31. The van der Waals surface area contributed by atoms with E-state index in [1.807, 2.05) is 16.8 Å². The Balaban J connectivity index is 1.51. The molecule has 24 heavy (non-hydrogen) atoms. The maximum atomic E-state index is 12.9. The Hall–Kier alpha value is -0.710. The first-order chi connectivity index (χ1) is 11.7. The molecule has 0 aromatic carbocycles. The maximum Gasteiger partial charge on any atom is 0.246 e. The Morgan fingerprint density at radius 2 is 1.71 bits per heavy atom. The molecule has 3 aliphatic rings. The zero-order valence-corrected chi connectivity index (χ0v) is 15.9. The summed E-state index contributed by atoms with van der Waals surface area (Å²) in [6.45, 7) is 0.843. The van der Waals surface area contributed by atoms with Crippen LogP contribution in [0.4, 0.5) is 0 Å². The summed E-state index contributed by atoms with van der Waals surface area (Å²) in [6, 6.07) is -0.223. The van der Waals surface area contributed by atoms with E-state index in [0.717, 1.165) is 50.3 Å². The molecule has 1 heterocycles. The molecule has 3 rings (SSSR count). The first-order valence-electron chi connectivity index (χ1n) is 9.80. The van der Waals surface area contributed by atoms with Crippen LogP contribution in [0, 0.1) is 11.8 Å². The molecule has 2 aliphatic carbocycles. The van der Waals surface area contributed by atoms with E-state index in [4.69, 9.17) is 0 Å². The smallest absolute Gasteiger partial charge is 0.246 e. The quantitative estimate of drug-likeness (QED) is 0.760. The third-order valence-corrected chi connectivity index (χ3v) is 7.14. The molecular formula is C19H32N2O2S. The second-order valence-electron chi connectivity index (χ2n) is 7.86. The van der Waals surface area contributed by atoms with Crippen molar-refractivity contribution < 1.29 is 9.59 Å². The number of likely N-dealkylation sites (N-methyl/N-ethyl adjacent to an activating group) is 1. The Morgan fingerprint density at radius 1 is 1.04 bits per heavy atom. The summed E-state index contributed by atoms with van der Waals surface area (Å²) in [7, 11) is 1.92. The number of amides is 2. The van der Waals surface area contributed by atoms with Crippen LogP contribution in [-0.2, 0) is 9.59 Å². The first kappa shape index (κ1) is 18.1. The Bertz CT molecular complexity index is 445. The van der Waals surface area contributed by atoms with E-state index in [2.05, 4.69) is 0 Å². The van der Waals surface area contributed by atoms with E-state index >= 15 is 0 Å². The SMILES string of the molecule is CN(CCC1CCCCC1)C(=O)C1CSCN1C(=O)C1CCCC1. The minimum absolute atomic E-state index is 0.155. The van der Waals surface area contributed by atoms with Crippen molar-refractivity contribution in [3.05, 3.63) is 0 Å². The molecule has 0 N–H and O–H groups in total. The molecule has 136 valence electrons. The van der Waals surface area contributed by atoms with Crippen molar-refractivity contribution in [2.24, 2.45) is 11.8 Å². The maximum absolute atomic E-state index is 12.9. The second-order valence-corrected chi connectivity index (χ2v) is 8.86. The van der Waals surface area contributed by atoms with Gasteiger partial charge < -0.3 is 9.80 Å². The molecule has 0 radical (unpaired) electrons. The zero-order valence-electron chi connectivity index (χ0n) is 15.0. The fraction of sp³-hybridized carbons (Fsp3) is 0.895. The lowest BCUT2D eigenvalue weighted by atomic mass is 9.87. The molecule has 1 unspecified atom stereocenters. The van der Waals surface area contributed by atoms with Crippen molar-refractivity contribution in [2.45, 2.75) is 70.3 Å². The van der Waals surface area contributed by atoms with Gasteiger partial charge in [-0.15, -0.1) is 11.8 Å². The number of carbonyl (C=O) groups excluding carboxylic acids is 2. The molecule has 4 nitrogen and oxygen atoms in total. The summed E-state index contributed by atoms with van der Waals surface area (Å²) in [5.74, 6) is 2.82. The van der Waals surface area contributed by atoms with E-state index in [-0.39, 0.29) is 23.8 Å². The molecule has 3 fully saturated rings. The largest absolute Gasteiger partial charge is 0.344 e. The number of thioether (sulfide) groups is 1. The summed E-state index contributed by atoms with van der Waals surface area (Å²) in [5.41, 5.74) is 0. The van der Waals surface area contributed by atoms with Gasteiger partial charge in [-0.05, 0) is 25.2 Å². The van der Waals surface area contributed by atoms with Gasteiger partial charge in [0.05, 0.1) is 5.88 Å². The standard InChI is InChI=1S/C19H32N2O2S/c1-20(12-11-15-7-3-2-4-8-15)19(23)17-13-24-14-21(17)18(22)16-9-5-6-10-16/h15-17H,2-14H2,1H3. The van der Waals surface area contributed by atoms with Gasteiger partial charge in [0.15, 0.2) is 0 Å².